The predicted octanol–water partition coefficient (Wildman–Crippen LogP) is 4.47. The first-order valence-corrected chi connectivity index (χ1v) is 8.36. The fourth-order valence-corrected chi connectivity index (χ4v) is 2.86. The minimum atomic E-state index is 0.238. The molecule has 1 aliphatic rings. The highest BCUT2D eigenvalue weighted by Crippen LogP contribution is 2.28. The van der Waals surface area contributed by atoms with E-state index in [1.54, 1.807) is 0 Å². The topological polar surface area (TPSA) is 68.0 Å². The summed E-state index contributed by atoms with van der Waals surface area (Å²) in [6.45, 7) is 3.67. The van der Waals surface area contributed by atoms with Crippen LogP contribution in [0.4, 0.5) is 0 Å². The summed E-state index contributed by atoms with van der Waals surface area (Å²) in [5.41, 5.74) is 1.94. The van der Waals surface area contributed by atoms with E-state index in [1.807, 2.05) is 38.1 Å². The van der Waals surface area contributed by atoms with Crippen LogP contribution in [0.3, 0.4) is 0 Å². The summed E-state index contributed by atoms with van der Waals surface area (Å²) in [4.78, 5) is 0. The Kier molecular flexibility index (Phi) is 4.95. The van der Waals surface area contributed by atoms with Gasteiger partial charge in [0.25, 0.3) is 5.88 Å². The monoisotopic (exact) mass is 323 g/mol. The van der Waals surface area contributed by atoms with Gasteiger partial charge >= 0.3 is 0 Å². The number of aryl methyl sites for hydroxylation is 1. The zero-order chi connectivity index (χ0) is 16.9. The minimum absolute atomic E-state index is 0.238. The number of hydrogen-bond donors (Lipinski definition) is 0. The molecular formula is C19H21N3O2. The molecule has 0 spiro atoms. The van der Waals surface area contributed by atoms with Crippen LogP contribution in [-0.4, -0.2) is 16.3 Å². The van der Waals surface area contributed by atoms with Crippen LogP contribution in [0.15, 0.2) is 24.3 Å². The standard InChI is InChI=1S/C19H21N3O2/c1-13-14(2)21-22-19(18(13)12-20)24-17-10-8-16(9-11-17)23-15-6-4-3-5-7-15/h8-11,15H,3-7H2,1-2H3. The van der Waals surface area contributed by atoms with Crippen molar-refractivity contribution < 1.29 is 9.47 Å². The van der Waals surface area contributed by atoms with Gasteiger partial charge < -0.3 is 9.47 Å². The fraction of sp³-hybridized carbons (Fsp3) is 0.421. The lowest BCUT2D eigenvalue weighted by Crippen LogP contribution is -2.19. The molecule has 1 aromatic heterocycles. The lowest BCUT2D eigenvalue weighted by atomic mass is 9.98. The van der Waals surface area contributed by atoms with Crippen LogP contribution in [0.25, 0.3) is 0 Å². The van der Waals surface area contributed by atoms with Crippen molar-refractivity contribution in [2.45, 2.75) is 52.1 Å². The quantitative estimate of drug-likeness (QED) is 0.830. The number of aromatic nitrogens is 2. The summed E-state index contributed by atoms with van der Waals surface area (Å²) >= 11 is 0. The average molecular weight is 323 g/mol. The van der Waals surface area contributed by atoms with E-state index in [9.17, 15) is 5.26 Å². The van der Waals surface area contributed by atoms with Gasteiger partial charge in [-0.3, -0.25) is 0 Å². The maximum Gasteiger partial charge on any atom is 0.257 e. The third-order valence-corrected chi connectivity index (χ3v) is 4.43. The van der Waals surface area contributed by atoms with Crippen molar-refractivity contribution in [2.75, 3.05) is 0 Å². The number of rotatable bonds is 4. The Morgan fingerprint density at radius 1 is 1.00 bits per heavy atom. The van der Waals surface area contributed by atoms with Crippen molar-refractivity contribution in [1.82, 2.24) is 10.2 Å². The number of nitrogens with zero attached hydrogens (tertiary/aromatic N) is 3. The van der Waals surface area contributed by atoms with Crippen molar-refractivity contribution in [3.63, 3.8) is 0 Å². The van der Waals surface area contributed by atoms with Crippen LogP contribution in [0, 0.1) is 25.2 Å². The highest BCUT2D eigenvalue weighted by molar-refractivity contribution is 5.46. The van der Waals surface area contributed by atoms with E-state index in [2.05, 4.69) is 16.3 Å². The molecule has 1 aliphatic carbocycles. The number of benzene rings is 1. The van der Waals surface area contributed by atoms with Gasteiger partial charge in [-0.15, -0.1) is 5.10 Å². The molecule has 5 nitrogen and oxygen atoms in total. The largest absolute Gasteiger partial charge is 0.490 e. The smallest absolute Gasteiger partial charge is 0.257 e. The lowest BCUT2D eigenvalue weighted by molar-refractivity contribution is 0.155. The summed E-state index contributed by atoms with van der Waals surface area (Å²) in [6.07, 6.45) is 6.37. The first-order valence-electron chi connectivity index (χ1n) is 8.36. The summed E-state index contributed by atoms with van der Waals surface area (Å²) < 4.78 is 11.7. The second-order valence-electron chi connectivity index (χ2n) is 6.15. The van der Waals surface area contributed by atoms with Crippen LogP contribution < -0.4 is 9.47 Å². The Morgan fingerprint density at radius 3 is 2.33 bits per heavy atom. The number of nitriles is 1. The van der Waals surface area contributed by atoms with Crippen LogP contribution in [-0.2, 0) is 0 Å². The summed E-state index contributed by atoms with van der Waals surface area (Å²) in [7, 11) is 0. The minimum Gasteiger partial charge on any atom is -0.490 e. The number of ether oxygens (including phenoxy) is 2. The van der Waals surface area contributed by atoms with E-state index >= 15 is 0 Å². The van der Waals surface area contributed by atoms with Gasteiger partial charge in [0.15, 0.2) is 0 Å². The molecule has 1 aromatic carbocycles. The lowest BCUT2D eigenvalue weighted by Gasteiger charge is -2.23. The van der Waals surface area contributed by atoms with Gasteiger partial charge in [-0.05, 0) is 69.4 Å². The van der Waals surface area contributed by atoms with Crippen molar-refractivity contribution in [3.8, 4) is 23.4 Å². The molecule has 0 aliphatic heterocycles. The molecule has 0 N–H and O–H groups in total. The van der Waals surface area contributed by atoms with Crippen molar-refractivity contribution in [3.05, 3.63) is 41.1 Å². The molecule has 0 radical (unpaired) electrons. The van der Waals surface area contributed by atoms with Gasteiger partial charge in [-0.25, -0.2) is 0 Å². The zero-order valence-electron chi connectivity index (χ0n) is 14.1. The van der Waals surface area contributed by atoms with Crippen LogP contribution in [0.1, 0.15) is 48.9 Å². The molecule has 1 saturated carbocycles. The average Bonchev–Trinajstić information content (AvgIpc) is 2.61. The van der Waals surface area contributed by atoms with Gasteiger partial charge in [0.2, 0.25) is 0 Å². The van der Waals surface area contributed by atoms with Gasteiger partial charge in [-0.2, -0.15) is 10.4 Å². The van der Waals surface area contributed by atoms with E-state index in [0.717, 1.165) is 29.8 Å². The molecule has 0 amide bonds. The highest BCUT2D eigenvalue weighted by Gasteiger charge is 2.15. The maximum absolute atomic E-state index is 9.31. The first-order chi connectivity index (χ1) is 11.7. The molecule has 1 heterocycles. The van der Waals surface area contributed by atoms with Crippen molar-refractivity contribution in [1.29, 1.82) is 5.26 Å². The molecule has 3 rings (SSSR count). The summed E-state index contributed by atoms with van der Waals surface area (Å²) in [6, 6.07) is 9.58. The first kappa shape index (κ1) is 16.3. The second-order valence-corrected chi connectivity index (χ2v) is 6.15. The normalized spacial score (nSPS) is 14.9. The molecular weight excluding hydrogens is 302 g/mol. The highest BCUT2D eigenvalue weighted by atomic mass is 16.5. The third kappa shape index (κ3) is 3.65. The van der Waals surface area contributed by atoms with Gasteiger partial charge in [0.05, 0.1) is 11.8 Å². The van der Waals surface area contributed by atoms with Crippen LogP contribution >= 0.6 is 0 Å². The van der Waals surface area contributed by atoms with Gasteiger partial charge in [0.1, 0.15) is 23.1 Å². The molecule has 0 atom stereocenters. The SMILES string of the molecule is Cc1nnc(Oc2ccc(OC3CCCCC3)cc2)c(C#N)c1C. The zero-order valence-corrected chi connectivity index (χ0v) is 14.1. The fourth-order valence-electron chi connectivity index (χ4n) is 2.86. The summed E-state index contributed by atoms with van der Waals surface area (Å²) in [5, 5.41) is 17.3. The Bertz CT molecular complexity index is 744. The summed E-state index contributed by atoms with van der Waals surface area (Å²) in [5.74, 6) is 1.70. The molecule has 2 aromatic rings. The predicted molar refractivity (Wildman–Crippen MR) is 90.2 cm³/mol. The number of hydrogen-bond acceptors (Lipinski definition) is 5. The molecule has 0 saturated heterocycles. The molecule has 5 heteroatoms. The van der Waals surface area contributed by atoms with Crippen molar-refractivity contribution >= 4 is 0 Å². The molecule has 0 unspecified atom stereocenters. The van der Waals surface area contributed by atoms with E-state index < -0.39 is 0 Å². The van der Waals surface area contributed by atoms with Gasteiger partial charge in [0, 0.05) is 0 Å². The van der Waals surface area contributed by atoms with Crippen molar-refractivity contribution in [2.24, 2.45) is 0 Å². The Hall–Kier alpha value is -2.61. The maximum atomic E-state index is 9.31. The van der Waals surface area contributed by atoms with Gasteiger partial charge in [-0.1, -0.05) is 6.42 Å². The van der Waals surface area contributed by atoms with E-state index in [0.29, 0.717) is 17.4 Å². The van der Waals surface area contributed by atoms with E-state index in [-0.39, 0.29) is 5.88 Å². The van der Waals surface area contributed by atoms with E-state index in [4.69, 9.17) is 9.47 Å². The third-order valence-electron chi connectivity index (χ3n) is 4.43. The Labute approximate surface area is 142 Å². The van der Waals surface area contributed by atoms with E-state index in [1.165, 1.54) is 19.3 Å². The van der Waals surface area contributed by atoms with Crippen LogP contribution in [0.5, 0.6) is 17.4 Å². The van der Waals surface area contributed by atoms with Crippen LogP contribution in [0.2, 0.25) is 0 Å². The molecule has 0 bridgehead atoms. The Morgan fingerprint density at radius 2 is 1.67 bits per heavy atom. The molecule has 124 valence electrons. The second kappa shape index (κ2) is 7.31. The molecule has 1 fully saturated rings. The molecule has 24 heavy (non-hydrogen) atoms. The Balaban J connectivity index is 1.70.